The monoisotopic (exact) mass is 240 g/mol. The van der Waals surface area contributed by atoms with E-state index >= 15 is 0 Å². The van der Waals surface area contributed by atoms with E-state index < -0.39 is 0 Å². The van der Waals surface area contributed by atoms with Crippen LogP contribution in [0.4, 0.5) is 0 Å². The number of nitrogens with one attached hydrogen (secondary N) is 1. The normalized spacial score (nSPS) is 22.2. The molecule has 1 atom stereocenters. The van der Waals surface area contributed by atoms with Crippen LogP contribution in [0.2, 0.25) is 0 Å². The van der Waals surface area contributed by atoms with Gasteiger partial charge in [-0.1, -0.05) is 6.07 Å². The zero-order valence-corrected chi connectivity index (χ0v) is 9.26. The number of nitrogens with zero attached hydrogens (tertiary/aromatic N) is 1. The minimum atomic E-state index is 0.502. The van der Waals surface area contributed by atoms with Crippen molar-refractivity contribution >= 4 is 15.9 Å². The Hall–Kier alpha value is -0.410. The van der Waals surface area contributed by atoms with Crippen LogP contribution in [0.1, 0.15) is 30.0 Å². The molecular formula is C10H13BrN2. The van der Waals surface area contributed by atoms with Crippen molar-refractivity contribution in [1.29, 1.82) is 0 Å². The number of halogens is 1. The molecule has 13 heavy (non-hydrogen) atoms. The minimum Gasteiger partial charge on any atom is -0.310 e. The molecule has 1 aliphatic heterocycles. The Morgan fingerprint density at radius 3 is 3.15 bits per heavy atom. The molecule has 2 rings (SSSR count). The molecule has 0 spiro atoms. The molecule has 3 heteroatoms. The van der Waals surface area contributed by atoms with Crippen molar-refractivity contribution in [1.82, 2.24) is 10.3 Å². The first-order chi connectivity index (χ1) is 6.27. The van der Waals surface area contributed by atoms with Crippen LogP contribution in [0.25, 0.3) is 0 Å². The average Bonchev–Trinajstić information content (AvgIpc) is 2.61. The molecule has 1 aromatic heterocycles. The summed E-state index contributed by atoms with van der Waals surface area (Å²) in [5.41, 5.74) is 2.53. The highest BCUT2D eigenvalue weighted by Crippen LogP contribution is 2.28. The summed E-state index contributed by atoms with van der Waals surface area (Å²) in [7, 11) is 0. The third-order valence-corrected chi connectivity index (χ3v) is 3.10. The third-order valence-electron chi connectivity index (χ3n) is 2.44. The summed E-state index contributed by atoms with van der Waals surface area (Å²) in [4.78, 5) is 4.30. The van der Waals surface area contributed by atoms with E-state index in [4.69, 9.17) is 0 Å². The highest BCUT2D eigenvalue weighted by atomic mass is 79.9. The Morgan fingerprint density at radius 1 is 1.62 bits per heavy atom. The van der Waals surface area contributed by atoms with Gasteiger partial charge in [0.25, 0.3) is 0 Å². The number of pyridine rings is 1. The van der Waals surface area contributed by atoms with Crippen molar-refractivity contribution in [3.63, 3.8) is 0 Å². The van der Waals surface area contributed by atoms with Gasteiger partial charge in [-0.05, 0) is 47.8 Å². The van der Waals surface area contributed by atoms with Gasteiger partial charge in [-0.2, -0.15) is 0 Å². The van der Waals surface area contributed by atoms with E-state index in [9.17, 15) is 0 Å². The van der Waals surface area contributed by atoms with Gasteiger partial charge in [0, 0.05) is 17.8 Å². The van der Waals surface area contributed by atoms with Crippen molar-refractivity contribution < 1.29 is 0 Å². The molecule has 1 aromatic rings. The van der Waals surface area contributed by atoms with Gasteiger partial charge in [-0.25, -0.2) is 4.98 Å². The van der Waals surface area contributed by atoms with Crippen molar-refractivity contribution in [2.24, 2.45) is 0 Å². The molecule has 0 unspecified atom stereocenters. The van der Waals surface area contributed by atoms with Gasteiger partial charge in [-0.15, -0.1) is 0 Å². The van der Waals surface area contributed by atoms with Gasteiger partial charge < -0.3 is 5.32 Å². The van der Waals surface area contributed by atoms with E-state index in [1.165, 1.54) is 24.0 Å². The fraction of sp³-hybridized carbons (Fsp3) is 0.500. The van der Waals surface area contributed by atoms with Crippen LogP contribution in [-0.2, 0) is 0 Å². The maximum absolute atomic E-state index is 4.30. The van der Waals surface area contributed by atoms with Crippen molar-refractivity contribution in [2.45, 2.75) is 25.8 Å². The molecule has 0 radical (unpaired) electrons. The highest BCUT2D eigenvalue weighted by molar-refractivity contribution is 9.10. The second-order valence-corrected chi connectivity index (χ2v) is 4.29. The van der Waals surface area contributed by atoms with E-state index in [0.717, 1.165) is 11.1 Å². The summed E-state index contributed by atoms with van der Waals surface area (Å²) < 4.78 is 0.984. The lowest BCUT2D eigenvalue weighted by atomic mass is 10.1. The van der Waals surface area contributed by atoms with Gasteiger partial charge in [-0.3, -0.25) is 0 Å². The molecule has 70 valence electrons. The lowest BCUT2D eigenvalue weighted by molar-refractivity contribution is 0.640. The topological polar surface area (TPSA) is 24.9 Å². The summed E-state index contributed by atoms with van der Waals surface area (Å²) in [6, 6.07) is 2.71. The number of aromatic nitrogens is 1. The van der Waals surface area contributed by atoms with Gasteiger partial charge in [0.15, 0.2) is 0 Å². The molecule has 0 aliphatic carbocycles. The van der Waals surface area contributed by atoms with Crippen LogP contribution in [-0.4, -0.2) is 11.5 Å². The van der Waals surface area contributed by atoms with Gasteiger partial charge >= 0.3 is 0 Å². The SMILES string of the molecule is Cc1cnc(Br)c([C@H]2CCCN2)c1. The third kappa shape index (κ3) is 1.92. The van der Waals surface area contributed by atoms with Crippen molar-refractivity contribution in [3.05, 3.63) is 28.0 Å². The maximum atomic E-state index is 4.30. The molecule has 0 bridgehead atoms. The van der Waals surface area contributed by atoms with E-state index in [2.05, 4.69) is 39.2 Å². The standard InChI is InChI=1S/C10H13BrN2/c1-7-5-8(10(11)13-6-7)9-3-2-4-12-9/h5-6,9,12H,2-4H2,1H3/t9-/m1/s1. The Balaban J connectivity index is 2.32. The van der Waals surface area contributed by atoms with Crippen LogP contribution >= 0.6 is 15.9 Å². The zero-order valence-electron chi connectivity index (χ0n) is 7.68. The first kappa shape index (κ1) is 9.16. The lowest BCUT2D eigenvalue weighted by Gasteiger charge is -2.12. The van der Waals surface area contributed by atoms with Gasteiger partial charge in [0.1, 0.15) is 4.60 Å². The summed E-state index contributed by atoms with van der Waals surface area (Å²) in [6.45, 7) is 3.21. The predicted molar refractivity (Wildman–Crippen MR) is 56.7 cm³/mol. The summed E-state index contributed by atoms with van der Waals surface area (Å²) in [6.07, 6.45) is 4.39. The summed E-state index contributed by atoms with van der Waals surface area (Å²) in [5.74, 6) is 0. The molecule has 0 aromatic carbocycles. The van der Waals surface area contributed by atoms with Crippen LogP contribution < -0.4 is 5.32 Å². The maximum Gasteiger partial charge on any atom is 0.110 e. The average molecular weight is 241 g/mol. The molecule has 1 fully saturated rings. The molecule has 1 N–H and O–H groups in total. The smallest absolute Gasteiger partial charge is 0.110 e. The first-order valence-corrected chi connectivity index (χ1v) is 5.42. The largest absolute Gasteiger partial charge is 0.310 e. The molecule has 1 saturated heterocycles. The Kier molecular flexibility index (Phi) is 2.65. The van der Waals surface area contributed by atoms with Crippen LogP contribution in [0.15, 0.2) is 16.9 Å². The Labute approximate surface area is 86.9 Å². The van der Waals surface area contributed by atoms with E-state index in [1.807, 2.05) is 6.20 Å². The van der Waals surface area contributed by atoms with Crippen LogP contribution in [0.5, 0.6) is 0 Å². The number of hydrogen-bond donors (Lipinski definition) is 1. The van der Waals surface area contributed by atoms with Crippen LogP contribution in [0, 0.1) is 6.92 Å². The molecule has 2 heterocycles. The molecule has 2 nitrogen and oxygen atoms in total. The second kappa shape index (κ2) is 3.76. The number of aryl methyl sites for hydroxylation is 1. The van der Waals surface area contributed by atoms with Crippen molar-refractivity contribution in [3.8, 4) is 0 Å². The van der Waals surface area contributed by atoms with Gasteiger partial charge in [0.2, 0.25) is 0 Å². The summed E-state index contributed by atoms with van der Waals surface area (Å²) >= 11 is 3.49. The second-order valence-electron chi connectivity index (χ2n) is 3.54. The fourth-order valence-electron chi connectivity index (χ4n) is 1.77. The zero-order chi connectivity index (χ0) is 9.26. The van der Waals surface area contributed by atoms with Crippen molar-refractivity contribution in [2.75, 3.05) is 6.54 Å². The molecule has 0 amide bonds. The Morgan fingerprint density at radius 2 is 2.46 bits per heavy atom. The minimum absolute atomic E-state index is 0.502. The van der Waals surface area contributed by atoms with Gasteiger partial charge in [0.05, 0.1) is 0 Å². The fourth-order valence-corrected chi connectivity index (χ4v) is 2.26. The van der Waals surface area contributed by atoms with E-state index in [-0.39, 0.29) is 0 Å². The molecule has 1 aliphatic rings. The quantitative estimate of drug-likeness (QED) is 0.764. The highest BCUT2D eigenvalue weighted by Gasteiger charge is 2.18. The first-order valence-electron chi connectivity index (χ1n) is 4.63. The van der Waals surface area contributed by atoms with E-state index in [0.29, 0.717) is 6.04 Å². The lowest BCUT2D eigenvalue weighted by Crippen LogP contribution is -2.13. The predicted octanol–water partition coefficient (Wildman–Crippen LogP) is 2.58. The summed E-state index contributed by atoms with van der Waals surface area (Å²) in [5, 5.41) is 3.47. The Bertz CT molecular complexity index is 306. The number of rotatable bonds is 1. The van der Waals surface area contributed by atoms with Crippen LogP contribution in [0.3, 0.4) is 0 Å². The number of hydrogen-bond acceptors (Lipinski definition) is 2. The van der Waals surface area contributed by atoms with E-state index in [1.54, 1.807) is 0 Å². The molecule has 0 saturated carbocycles. The molecular weight excluding hydrogens is 228 g/mol.